The number of para-hydroxylation sites is 1. The number of ether oxygens (including phenoxy) is 1. The van der Waals surface area contributed by atoms with Gasteiger partial charge in [-0.05, 0) is 57.9 Å². The zero-order valence-corrected chi connectivity index (χ0v) is 23.4. The fourth-order valence-electron chi connectivity index (χ4n) is 5.76. The monoisotopic (exact) mass is 525 g/mol. The summed E-state index contributed by atoms with van der Waals surface area (Å²) in [6.45, 7) is 7.86. The average molecular weight is 526 g/mol. The highest BCUT2D eigenvalue weighted by atomic mass is 16.5. The number of carbonyl (C=O) groups excluding carboxylic acids is 2. The van der Waals surface area contributed by atoms with E-state index in [1.807, 2.05) is 13.8 Å². The van der Waals surface area contributed by atoms with Gasteiger partial charge in [-0.3, -0.25) is 14.3 Å². The molecule has 1 fully saturated rings. The second kappa shape index (κ2) is 12.3. The number of aliphatic hydroxyl groups excluding tert-OH is 1. The number of aromatic nitrogens is 2. The molecular weight excluding hydrogens is 482 g/mol. The number of hydrogen-bond acceptors (Lipinski definition) is 6. The van der Waals surface area contributed by atoms with Crippen molar-refractivity contribution < 1.29 is 19.4 Å². The maximum absolute atomic E-state index is 13.7. The van der Waals surface area contributed by atoms with E-state index in [9.17, 15) is 14.7 Å². The lowest BCUT2D eigenvalue weighted by Gasteiger charge is -2.39. The predicted molar refractivity (Wildman–Crippen MR) is 148 cm³/mol. The smallest absolute Gasteiger partial charge is 0.274 e. The minimum Gasteiger partial charge on any atom is -0.486 e. The Balaban J connectivity index is 1.65. The van der Waals surface area contributed by atoms with Crippen molar-refractivity contribution in [2.24, 2.45) is 18.9 Å². The topological polar surface area (TPSA) is 99.9 Å². The Bertz CT molecular complexity index is 1130. The number of amides is 2. The van der Waals surface area contributed by atoms with Gasteiger partial charge in [0, 0.05) is 32.6 Å². The first kappa shape index (κ1) is 28.1. The van der Waals surface area contributed by atoms with Crippen molar-refractivity contribution in [1.82, 2.24) is 19.6 Å². The van der Waals surface area contributed by atoms with Crippen LogP contribution >= 0.6 is 0 Å². The third kappa shape index (κ3) is 6.38. The van der Waals surface area contributed by atoms with Crippen molar-refractivity contribution in [1.29, 1.82) is 0 Å². The van der Waals surface area contributed by atoms with Crippen molar-refractivity contribution in [3.8, 4) is 5.75 Å². The minimum atomic E-state index is -0.341. The van der Waals surface area contributed by atoms with E-state index in [1.165, 1.54) is 32.1 Å². The van der Waals surface area contributed by atoms with E-state index < -0.39 is 0 Å². The van der Waals surface area contributed by atoms with E-state index in [-0.39, 0.29) is 36.5 Å². The van der Waals surface area contributed by atoms with E-state index in [2.05, 4.69) is 29.3 Å². The summed E-state index contributed by atoms with van der Waals surface area (Å²) < 4.78 is 8.20. The Morgan fingerprint density at radius 1 is 1.26 bits per heavy atom. The molecule has 1 aromatic heterocycles. The van der Waals surface area contributed by atoms with Crippen LogP contribution in [0.5, 0.6) is 5.75 Å². The average Bonchev–Trinajstić information content (AvgIpc) is 3.24. The van der Waals surface area contributed by atoms with Crippen LogP contribution in [0.15, 0.2) is 24.3 Å². The molecule has 1 saturated carbocycles. The van der Waals surface area contributed by atoms with E-state index >= 15 is 0 Å². The zero-order valence-electron chi connectivity index (χ0n) is 23.4. The van der Waals surface area contributed by atoms with Gasteiger partial charge in [0.1, 0.15) is 11.8 Å². The zero-order chi connectivity index (χ0) is 27.4. The molecule has 0 spiro atoms. The van der Waals surface area contributed by atoms with Gasteiger partial charge in [0.05, 0.1) is 29.6 Å². The van der Waals surface area contributed by atoms with E-state index in [0.29, 0.717) is 41.7 Å². The largest absolute Gasteiger partial charge is 0.486 e. The van der Waals surface area contributed by atoms with Gasteiger partial charge in [-0.25, -0.2) is 0 Å². The van der Waals surface area contributed by atoms with Crippen molar-refractivity contribution in [2.45, 2.75) is 65.0 Å². The van der Waals surface area contributed by atoms with Crippen LogP contribution in [0.2, 0.25) is 0 Å². The number of anilines is 1. The van der Waals surface area contributed by atoms with Crippen LogP contribution in [0.3, 0.4) is 0 Å². The lowest BCUT2D eigenvalue weighted by Crippen LogP contribution is -2.50. The Morgan fingerprint density at radius 2 is 2.00 bits per heavy atom. The number of carbonyl (C=O) groups is 2. The van der Waals surface area contributed by atoms with Crippen LogP contribution in [0, 0.1) is 18.8 Å². The van der Waals surface area contributed by atoms with Crippen molar-refractivity contribution in [3.05, 3.63) is 41.2 Å². The molecule has 1 aromatic carbocycles. The lowest BCUT2D eigenvalue weighted by atomic mass is 9.89. The van der Waals surface area contributed by atoms with Crippen LogP contribution in [-0.2, 0) is 7.05 Å². The van der Waals surface area contributed by atoms with Gasteiger partial charge in [0.2, 0.25) is 0 Å². The number of aliphatic hydroxyl groups is 1. The van der Waals surface area contributed by atoms with Crippen LogP contribution in [-0.4, -0.2) is 81.9 Å². The van der Waals surface area contributed by atoms with E-state index in [4.69, 9.17) is 4.74 Å². The second-order valence-electron chi connectivity index (χ2n) is 11.3. The molecule has 3 atom stereocenters. The number of benzene rings is 1. The first-order valence-corrected chi connectivity index (χ1v) is 13.9. The van der Waals surface area contributed by atoms with Crippen LogP contribution < -0.4 is 10.1 Å². The van der Waals surface area contributed by atoms with E-state index in [1.54, 1.807) is 40.9 Å². The second-order valence-corrected chi connectivity index (χ2v) is 11.3. The standard InChI is InChI=1S/C29H43N5O4/c1-19-15-34(21(3)18-35)29(37)23-12-9-13-24(30-28(36)25-14-20(2)31-33(25)5)27(23)38-26(19)17-32(4)16-22-10-7-6-8-11-22/h9,12-14,19,21-22,26,35H,6-8,10-11,15-18H2,1-5H3,(H,30,36)/t19-,21-,26-/m0/s1. The Labute approximate surface area is 226 Å². The highest BCUT2D eigenvalue weighted by molar-refractivity contribution is 6.06. The number of rotatable bonds is 8. The molecule has 2 N–H and O–H groups in total. The van der Waals surface area contributed by atoms with Gasteiger partial charge in [-0.1, -0.05) is 32.3 Å². The van der Waals surface area contributed by atoms with Crippen molar-refractivity contribution in [2.75, 3.05) is 38.6 Å². The normalized spacial score (nSPS) is 21.4. The third-order valence-corrected chi connectivity index (χ3v) is 7.96. The molecule has 2 heterocycles. The fourth-order valence-corrected chi connectivity index (χ4v) is 5.76. The molecule has 1 aliphatic heterocycles. The lowest BCUT2D eigenvalue weighted by molar-refractivity contribution is 0.0332. The molecule has 2 amide bonds. The summed E-state index contributed by atoms with van der Waals surface area (Å²) >= 11 is 0. The fraction of sp³-hybridized carbons (Fsp3) is 0.621. The summed E-state index contributed by atoms with van der Waals surface area (Å²) in [6, 6.07) is 6.64. The Kier molecular flexibility index (Phi) is 9.10. The maximum atomic E-state index is 13.7. The van der Waals surface area contributed by atoms with Gasteiger partial charge >= 0.3 is 0 Å². The highest BCUT2D eigenvalue weighted by Gasteiger charge is 2.35. The number of nitrogens with one attached hydrogen (secondary N) is 1. The van der Waals surface area contributed by atoms with Crippen LogP contribution in [0.1, 0.15) is 72.5 Å². The summed E-state index contributed by atoms with van der Waals surface area (Å²) in [7, 11) is 3.87. The predicted octanol–water partition coefficient (Wildman–Crippen LogP) is 3.71. The molecule has 0 radical (unpaired) electrons. The van der Waals surface area contributed by atoms with Crippen molar-refractivity contribution >= 4 is 17.5 Å². The van der Waals surface area contributed by atoms with Gasteiger partial charge in [0.15, 0.2) is 5.75 Å². The molecule has 9 nitrogen and oxygen atoms in total. The quantitative estimate of drug-likeness (QED) is 0.545. The minimum absolute atomic E-state index is 0.0124. The molecule has 4 rings (SSSR count). The third-order valence-electron chi connectivity index (χ3n) is 7.96. The molecule has 9 heteroatoms. The van der Waals surface area contributed by atoms with Gasteiger partial charge in [-0.15, -0.1) is 0 Å². The summed E-state index contributed by atoms with van der Waals surface area (Å²) in [5.74, 6) is 0.560. The summed E-state index contributed by atoms with van der Waals surface area (Å²) in [4.78, 5) is 30.9. The molecule has 1 aliphatic carbocycles. The number of hydrogen-bond donors (Lipinski definition) is 2. The van der Waals surface area contributed by atoms with Gasteiger partial charge in [0.25, 0.3) is 11.8 Å². The molecule has 2 aromatic rings. The molecule has 0 saturated heterocycles. The molecule has 2 aliphatic rings. The molecule has 0 bridgehead atoms. The SMILES string of the molecule is Cc1cc(C(=O)Nc2cccc3c2O[C@@H](CN(C)CC2CCCCC2)[C@@H](C)CN([C@@H](C)CO)C3=O)n(C)n1. The number of fused-ring (bicyclic) bond motifs is 1. The summed E-state index contributed by atoms with van der Waals surface area (Å²) in [5.41, 5.74) is 2.00. The van der Waals surface area contributed by atoms with Gasteiger partial charge < -0.3 is 25.0 Å². The van der Waals surface area contributed by atoms with Crippen molar-refractivity contribution in [3.63, 3.8) is 0 Å². The maximum Gasteiger partial charge on any atom is 0.274 e. The summed E-state index contributed by atoms with van der Waals surface area (Å²) in [6.07, 6.45) is 6.28. The molecule has 38 heavy (non-hydrogen) atoms. The van der Waals surface area contributed by atoms with E-state index in [0.717, 1.165) is 12.2 Å². The highest BCUT2D eigenvalue weighted by Crippen LogP contribution is 2.35. The summed E-state index contributed by atoms with van der Waals surface area (Å²) in [5, 5.41) is 17.2. The Morgan fingerprint density at radius 3 is 2.66 bits per heavy atom. The van der Waals surface area contributed by atoms with Gasteiger partial charge in [-0.2, -0.15) is 5.10 Å². The number of likely N-dealkylation sites (N-methyl/N-ethyl adjacent to an activating group) is 1. The molecular formula is C29H43N5O4. The number of aryl methyl sites for hydroxylation is 2. The first-order valence-electron chi connectivity index (χ1n) is 13.9. The molecule has 0 unspecified atom stereocenters. The molecule has 208 valence electrons. The first-order chi connectivity index (χ1) is 18.2. The number of nitrogens with zero attached hydrogens (tertiary/aromatic N) is 4. The van der Waals surface area contributed by atoms with Crippen LogP contribution in [0.25, 0.3) is 0 Å². The Hall–Kier alpha value is -2.91. The van der Waals surface area contributed by atoms with Crippen LogP contribution in [0.4, 0.5) is 5.69 Å².